The molecule has 2 aromatic carbocycles. The van der Waals surface area contributed by atoms with Crippen LogP contribution in [0.4, 0.5) is 4.39 Å². The number of nitrogens with two attached hydrogens (primary N) is 1. The smallest absolute Gasteiger partial charge is 0.170 e. The molecule has 0 atom stereocenters. The highest BCUT2D eigenvalue weighted by Gasteiger charge is 2.07. The first-order valence-corrected chi connectivity index (χ1v) is 6.12. The van der Waals surface area contributed by atoms with Crippen LogP contribution in [0.1, 0.15) is 11.1 Å². The minimum atomic E-state index is -0.587. The Balaban J connectivity index is 2.11. The number of halogens is 2. The Labute approximate surface area is 120 Å². The van der Waals surface area contributed by atoms with Gasteiger partial charge in [-0.25, -0.2) is 4.39 Å². The van der Waals surface area contributed by atoms with E-state index in [1.165, 1.54) is 12.1 Å². The fourth-order valence-electron chi connectivity index (χ4n) is 1.62. The van der Waals surface area contributed by atoms with E-state index in [1.807, 2.05) is 6.07 Å². The van der Waals surface area contributed by atoms with Crippen molar-refractivity contribution in [3.8, 4) is 5.75 Å². The highest BCUT2D eigenvalue weighted by Crippen LogP contribution is 2.20. The van der Waals surface area contributed by atoms with Gasteiger partial charge in [0.2, 0.25) is 0 Å². The summed E-state index contributed by atoms with van der Waals surface area (Å²) in [6.07, 6.45) is 0. The molecule has 2 rings (SSSR count). The zero-order chi connectivity index (χ0) is 14.5. The molecule has 0 unspecified atom stereocenters. The fourth-order valence-corrected chi connectivity index (χ4v) is 1.84. The molecule has 4 nitrogen and oxygen atoms in total. The average Bonchev–Trinajstić information content (AvgIpc) is 2.45. The van der Waals surface area contributed by atoms with Gasteiger partial charge in [-0.1, -0.05) is 28.9 Å². The molecule has 20 heavy (non-hydrogen) atoms. The van der Waals surface area contributed by atoms with Gasteiger partial charge < -0.3 is 15.7 Å². The Bertz CT molecular complexity index is 647. The van der Waals surface area contributed by atoms with Crippen molar-refractivity contribution >= 4 is 17.4 Å². The quantitative estimate of drug-likeness (QED) is 0.394. The molecule has 0 saturated carbocycles. The lowest BCUT2D eigenvalue weighted by atomic mass is 10.2. The van der Waals surface area contributed by atoms with Crippen molar-refractivity contribution in [2.75, 3.05) is 0 Å². The van der Waals surface area contributed by atoms with Crippen LogP contribution in [0.25, 0.3) is 0 Å². The molecule has 6 heteroatoms. The van der Waals surface area contributed by atoms with Crippen molar-refractivity contribution in [3.63, 3.8) is 0 Å². The van der Waals surface area contributed by atoms with Crippen LogP contribution in [-0.4, -0.2) is 11.0 Å². The maximum Gasteiger partial charge on any atom is 0.170 e. The monoisotopic (exact) mass is 294 g/mol. The van der Waals surface area contributed by atoms with Crippen molar-refractivity contribution < 1.29 is 14.3 Å². The second-order valence-electron chi connectivity index (χ2n) is 4.05. The summed E-state index contributed by atoms with van der Waals surface area (Å²) >= 11 is 5.85. The molecule has 0 aromatic heterocycles. The minimum Gasteiger partial charge on any atom is -0.486 e. The van der Waals surface area contributed by atoms with E-state index in [9.17, 15) is 4.39 Å². The van der Waals surface area contributed by atoms with Crippen LogP contribution in [0.15, 0.2) is 47.6 Å². The molecule has 0 aliphatic carbocycles. The summed E-state index contributed by atoms with van der Waals surface area (Å²) in [4.78, 5) is 0. The molecule has 2 aromatic rings. The van der Waals surface area contributed by atoms with E-state index < -0.39 is 5.82 Å². The van der Waals surface area contributed by atoms with Gasteiger partial charge in [0.05, 0.1) is 0 Å². The summed E-state index contributed by atoms with van der Waals surface area (Å²) in [5.41, 5.74) is 6.48. The molecule has 104 valence electrons. The standard InChI is InChI=1S/C14H12ClFN2O2/c15-11-3-1-2-9(6-11)8-20-13-5-4-10(7-12(13)16)14(17)18-19/h1-7,19H,8H2,(H2,17,18). The molecule has 0 heterocycles. The third kappa shape index (κ3) is 3.39. The van der Waals surface area contributed by atoms with Gasteiger partial charge in [0.1, 0.15) is 6.61 Å². The predicted molar refractivity (Wildman–Crippen MR) is 74.7 cm³/mol. The van der Waals surface area contributed by atoms with Gasteiger partial charge >= 0.3 is 0 Å². The molecule has 0 radical (unpaired) electrons. The molecule has 0 saturated heterocycles. The van der Waals surface area contributed by atoms with Gasteiger partial charge in [-0.15, -0.1) is 0 Å². The van der Waals surface area contributed by atoms with E-state index in [0.29, 0.717) is 5.02 Å². The SMILES string of the molecule is NC(=NO)c1ccc(OCc2cccc(Cl)c2)c(F)c1. The largest absolute Gasteiger partial charge is 0.486 e. The number of oxime groups is 1. The summed E-state index contributed by atoms with van der Waals surface area (Å²) in [7, 11) is 0. The van der Waals surface area contributed by atoms with Crippen LogP contribution in [0.2, 0.25) is 5.02 Å². The molecule has 3 N–H and O–H groups in total. The Morgan fingerprint density at radius 3 is 2.75 bits per heavy atom. The average molecular weight is 295 g/mol. The number of benzene rings is 2. The highest BCUT2D eigenvalue weighted by atomic mass is 35.5. The van der Waals surface area contributed by atoms with Crippen LogP contribution < -0.4 is 10.5 Å². The number of rotatable bonds is 4. The number of hydrogen-bond acceptors (Lipinski definition) is 3. The highest BCUT2D eigenvalue weighted by molar-refractivity contribution is 6.30. The summed E-state index contributed by atoms with van der Waals surface area (Å²) in [5.74, 6) is -0.666. The number of nitrogens with zero attached hydrogens (tertiary/aromatic N) is 1. The Morgan fingerprint density at radius 1 is 1.30 bits per heavy atom. The first-order chi connectivity index (χ1) is 9.60. The molecule has 0 aliphatic heterocycles. The lowest BCUT2D eigenvalue weighted by Crippen LogP contribution is -2.13. The van der Waals surface area contributed by atoms with Crippen molar-refractivity contribution in [2.24, 2.45) is 10.9 Å². The van der Waals surface area contributed by atoms with Crippen LogP contribution in [0, 0.1) is 5.82 Å². The Kier molecular flexibility index (Phi) is 4.42. The van der Waals surface area contributed by atoms with Gasteiger partial charge in [-0.3, -0.25) is 0 Å². The van der Waals surface area contributed by atoms with Gasteiger partial charge in [0, 0.05) is 10.6 Å². The van der Waals surface area contributed by atoms with Crippen molar-refractivity contribution in [1.82, 2.24) is 0 Å². The maximum atomic E-state index is 13.8. The fraction of sp³-hybridized carbons (Fsp3) is 0.0714. The predicted octanol–water partition coefficient (Wildman–Crippen LogP) is 3.15. The summed E-state index contributed by atoms with van der Waals surface area (Å²) in [6.45, 7) is 0.195. The van der Waals surface area contributed by atoms with Crippen molar-refractivity contribution in [2.45, 2.75) is 6.61 Å². The summed E-state index contributed by atoms with van der Waals surface area (Å²) in [5, 5.41) is 11.9. The Morgan fingerprint density at radius 2 is 2.10 bits per heavy atom. The lowest BCUT2D eigenvalue weighted by molar-refractivity contribution is 0.290. The van der Waals surface area contributed by atoms with E-state index in [2.05, 4.69) is 5.16 Å². The molecule has 0 fully saturated rings. The van der Waals surface area contributed by atoms with Crippen LogP contribution in [0.3, 0.4) is 0 Å². The first kappa shape index (κ1) is 14.1. The zero-order valence-electron chi connectivity index (χ0n) is 10.4. The van der Waals surface area contributed by atoms with Crippen LogP contribution in [0.5, 0.6) is 5.75 Å². The normalized spacial score (nSPS) is 11.4. The van der Waals surface area contributed by atoms with E-state index in [0.717, 1.165) is 11.6 Å². The topological polar surface area (TPSA) is 67.8 Å². The first-order valence-electron chi connectivity index (χ1n) is 5.75. The van der Waals surface area contributed by atoms with E-state index in [1.54, 1.807) is 18.2 Å². The van der Waals surface area contributed by atoms with Gasteiger partial charge in [-0.2, -0.15) is 0 Å². The second kappa shape index (κ2) is 6.25. The minimum absolute atomic E-state index is 0.0828. The number of amidine groups is 1. The van der Waals surface area contributed by atoms with Gasteiger partial charge in [-0.05, 0) is 35.9 Å². The molecule has 0 spiro atoms. The Hall–Kier alpha value is -2.27. The molecular formula is C14H12ClFN2O2. The summed E-state index contributed by atoms with van der Waals surface area (Å²) < 4.78 is 19.2. The van der Waals surface area contributed by atoms with Crippen LogP contribution in [-0.2, 0) is 6.61 Å². The number of ether oxygens (including phenoxy) is 1. The molecule has 0 bridgehead atoms. The lowest BCUT2D eigenvalue weighted by Gasteiger charge is -2.08. The van der Waals surface area contributed by atoms with Crippen molar-refractivity contribution in [1.29, 1.82) is 0 Å². The maximum absolute atomic E-state index is 13.8. The number of hydrogen-bond donors (Lipinski definition) is 2. The van der Waals surface area contributed by atoms with Gasteiger partial charge in [0.25, 0.3) is 0 Å². The summed E-state index contributed by atoms with van der Waals surface area (Å²) in [6, 6.07) is 11.2. The van der Waals surface area contributed by atoms with E-state index in [-0.39, 0.29) is 23.8 Å². The third-order valence-electron chi connectivity index (χ3n) is 2.62. The van der Waals surface area contributed by atoms with Crippen molar-refractivity contribution in [3.05, 3.63) is 64.4 Å². The van der Waals surface area contributed by atoms with E-state index >= 15 is 0 Å². The second-order valence-corrected chi connectivity index (χ2v) is 4.49. The van der Waals surface area contributed by atoms with Crippen LogP contribution >= 0.6 is 11.6 Å². The molecule has 0 amide bonds. The van der Waals surface area contributed by atoms with Gasteiger partial charge in [0.15, 0.2) is 17.4 Å². The zero-order valence-corrected chi connectivity index (χ0v) is 11.1. The van der Waals surface area contributed by atoms with E-state index in [4.69, 9.17) is 27.3 Å². The molecule has 0 aliphatic rings. The third-order valence-corrected chi connectivity index (χ3v) is 2.85. The molecular weight excluding hydrogens is 283 g/mol.